The average molecular weight is 318 g/mol. The Hall–Kier alpha value is -1.27. The Morgan fingerprint density at radius 2 is 1.43 bits per heavy atom. The fourth-order valence-corrected chi connectivity index (χ4v) is 3.63. The lowest BCUT2D eigenvalue weighted by atomic mass is 9.93. The zero-order valence-corrected chi connectivity index (χ0v) is 13.8. The van der Waals surface area contributed by atoms with Crippen LogP contribution in [0.15, 0.2) is 30.3 Å². The van der Waals surface area contributed by atoms with Crippen molar-refractivity contribution in [1.82, 2.24) is 9.80 Å². The molecule has 0 bridgehead atoms. The summed E-state index contributed by atoms with van der Waals surface area (Å²) in [6, 6.07) is 10.4. The number of nitrogens with zero attached hydrogens (tertiary/aromatic N) is 2. The van der Waals surface area contributed by atoms with Gasteiger partial charge in [-0.3, -0.25) is 14.6 Å². The van der Waals surface area contributed by atoms with Crippen LogP contribution in [0.4, 0.5) is 0 Å². The van der Waals surface area contributed by atoms with Crippen LogP contribution in [0.25, 0.3) is 0 Å². The molecule has 2 atom stereocenters. The minimum atomic E-state index is -0.126. The van der Waals surface area contributed by atoms with Crippen molar-refractivity contribution in [2.75, 3.05) is 52.6 Å². The molecule has 5 heteroatoms. The van der Waals surface area contributed by atoms with Gasteiger partial charge in [-0.25, -0.2) is 0 Å². The van der Waals surface area contributed by atoms with Crippen molar-refractivity contribution < 1.29 is 14.3 Å². The molecule has 2 aliphatic heterocycles. The molecular formula is C18H26N2O3. The van der Waals surface area contributed by atoms with Gasteiger partial charge in [0.2, 0.25) is 0 Å². The van der Waals surface area contributed by atoms with Crippen LogP contribution in [0.1, 0.15) is 18.5 Å². The van der Waals surface area contributed by atoms with Crippen molar-refractivity contribution in [2.24, 2.45) is 0 Å². The lowest BCUT2D eigenvalue weighted by Gasteiger charge is -2.43. The fourth-order valence-electron chi connectivity index (χ4n) is 3.63. The molecule has 0 amide bonds. The summed E-state index contributed by atoms with van der Waals surface area (Å²) in [5, 5.41) is 0. The minimum absolute atomic E-state index is 0.0794. The maximum atomic E-state index is 12.6. The molecule has 1 aromatic carbocycles. The maximum Gasteiger partial charge on any atom is 0.148 e. The third kappa shape index (κ3) is 3.98. The van der Waals surface area contributed by atoms with E-state index in [0.717, 1.165) is 39.4 Å². The van der Waals surface area contributed by atoms with E-state index in [4.69, 9.17) is 9.47 Å². The molecule has 126 valence electrons. The number of rotatable bonds is 5. The van der Waals surface area contributed by atoms with Crippen LogP contribution >= 0.6 is 0 Å². The van der Waals surface area contributed by atoms with E-state index in [9.17, 15) is 4.79 Å². The van der Waals surface area contributed by atoms with Crippen LogP contribution in [0, 0.1) is 0 Å². The summed E-state index contributed by atoms with van der Waals surface area (Å²) in [7, 11) is 0. The van der Waals surface area contributed by atoms with Crippen molar-refractivity contribution in [1.29, 1.82) is 0 Å². The summed E-state index contributed by atoms with van der Waals surface area (Å²) in [6.45, 7) is 7.96. The van der Waals surface area contributed by atoms with Crippen molar-refractivity contribution in [3.05, 3.63) is 35.9 Å². The number of carbonyl (C=O) groups excluding carboxylic acids is 1. The molecule has 0 radical (unpaired) electrons. The molecule has 2 heterocycles. The normalized spacial score (nSPS) is 23.3. The zero-order valence-electron chi connectivity index (χ0n) is 13.8. The molecule has 0 unspecified atom stereocenters. The van der Waals surface area contributed by atoms with Gasteiger partial charge in [0.1, 0.15) is 5.78 Å². The summed E-state index contributed by atoms with van der Waals surface area (Å²) >= 11 is 0. The van der Waals surface area contributed by atoms with Crippen molar-refractivity contribution in [2.45, 2.75) is 19.0 Å². The van der Waals surface area contributed by atoms with Crippen LogP contribution in [-0.4, -0.2) is 74.2 Å². The first kappa shape index (κ1) is 16.6. The first-order valence-electron chi connectivity index (χ1n) is 8.46. The van der Waals surface area contributed by atoms with E-state index in [2.05, 4.69) is 34.1 Å². The highest BCUT2D eigenvalue weighted by Gasteiger charge is 2.37. The Bertz CT molecular complexity index is 496. The number of hydrogen-bond donors (Lipinski definition) is 0. The van der Waals surface area contributed by atoms with Crippen LogP contribution < -0.4 is 0 Å². The summed E-state index contributed by atoms with van der Waals surface area (Å²) in [6.07, 6.45) is 0. The van der Waals surface area contributed by atoms with Crippen LogP contribution in [0.5, 0.6) is 0 Å². The number of Topliss-reactive ketones (excluding diaryl/α,β-unsaturated/α-hetero) is 1. The van der Waals surface area contributed by atoms with Gasteiger partial charge in [-0.2, -0.15) is 0 Å². The molecule has 23 heavy (non-hydrogen) atoms. The second-order valence-electron chi connectivity index (χ2n) is 6.21. The van der Waals surface area contributed by atoms with Gasteiger partial charge in [0.25, 0.3) is 0 Å². The molecule has 0 N–H and O–H groups in total. The molecule has 0 aromatic heterocycles. The molecule has 2 fully saturated rings. The number of carbonyl (C=O) groups is 1. The Labute approximate surface area is 138 Å². The Morgan fingerprint density at radius 1 is 0.913 bits per heavy atom. The standard InChI is InChI=1S/C18H26N2O3/c1-15(21)17(19-7-11-22-12-8-19)18(16-5-3-2-4-6-16)20-9-13-23-14-10-20/h2-6,17-18H,7-14H2,1H3/t17-,18+/m1/s1. The minimum Gasteiger partial charge on any atom is -0.379 e. The van der Waals surface area contributed by atoms with Crippen molar-refractivity contribution in [3.8, 4) is 0 Å². The third-order valence-corrected chi connectivity index (χ3v) is 4.73. The van der Waals surface area contributed by atoms with E-state index < -0.39 is 0 Å². The fraction of sp³-hybridized carbons (Fsp3) is 0.611. The van der Waals surface area contributed by atoms with Crippen LogP contribution in [-0.2, 0) is 14.3 Å². The van der Waals surface area contributed by atoms with E-state index >= 15 is 0 Å². The SMILES string of the molecule is CC(=O)[C@H]([C@H](c1ccccc1)N1CCOCC1)N1CCOCC1. The van der Waals surface area contributed by atoms with Gasteiger partial charge >= 0.3 is 0 Å². The van der Waals surface area contributed by atoms with Crippen LogP contribution in [0.3, 0.4) is 0 Å². The lowest BCUT2D eigenvalue weighted by Crippen LogP contribution is -2.55. The van der Waals surface area contributed by atoms with E-state index in [-0.39, 0.29) is 17.9 Å². The van der Waals surface area contributed by atoms with Crippen LogP contribution in [0.2, 0.25) is 0 Å². The second kappa shape index (κ2) is 8.02. The number of hydrogen-bond acceptors (Lipinski definition) is 5. The van der Waals surface area contributed by atoms with E-state index in [1.807, 2.05) is 6.07 Å². The first-order valence-corrected chi connectivity index (χ1v) is 8.46. The Kier molecular flexibility index (Phi) is 5.78. The highest BCUT2D eigenvalue weighted by Crippen LogP contribution is 2.29. The monoisotopic (exact) mass is 318 g/mol. The highest BCUT2D eigenvalue weighted by molar-refractivity contribution is 5.82. The van der Waals surface area contributed by atoms with E-state index in [0.29, 0.717) is 13.2 Å². The smallest absolute Gasteiger partial charge is 0.148 e. The van der Waals surface area contributed by atoms with Gasteiger partial charge in [0.15, 0.2) is 0 Å². The topological polar surface area (TPSA) is 42.0 Å². The number of benzene rings is 1. The average Bonchev–Trinajstić information content (AvgIpc) is 2.61. The summed E-state index contributed by atoms with van der Waals surface area (Å²) in [5.74, 6) is 0.229. The summed E-state index contributed by atoms with van der Waals surface area (Å²) in [4.78, 5) is 17.3. The second-order valence-corrected chi connectivity index (χ2v) is 6.21. The van der Waals surface area contributed by atoms with E-state index in [1.54, 1.807) is 6.92 Å². The molecule has 0 saturated carbocycles. The molecule has 1 aromatic rings. The molecule has 2 saturated heterocycles. The summed E-state index contributed by atoms with van der Waals surface area (Å²) < 4.78 is 11.0. The molecular weight excluding hydrogens is 292 g/mol. The predicted molar refractivity (Wildman–Crippen MR) is 88.4 cm³/mol. The number of ketones is 1. The largest absolute Gasteiger partial charge is 0.379 e. The zero-order chi connectivity index (χ0) is 16.1. The van der Waals surface area contributed by atoms with Gasteiger partial charge < -0.3 is 9.47 Å². The Morgan fingerprint density at radius 3 is 1.96 bits per heavy atom. The first-order chi connectivity index (χ1) is 11.3. The number of morpholine rings is 2. The van der Waals surface area contributed by atoms with Gasteiger partial charge in [-0.05, 0) is 12.5 Å². The van der Waals surface area contributed by atoms with Gasteiger partial charge in [-0.15, -0.1) is 0 Å². The van der Waals surface area contributed by atoms with Crippen molar-refractivity contribution >= 4 is 5.78 Å². The third-order valence-electron chi connectivity index (χ3n) is 4.73. The molecule has 3 rings (SSSR count). The van der Waals surface area contributed by atoms with Crippen molar-refractivity contribution in [3.63, 3.8) is 0 Å². The quantitative estimate of drug-likeness (QED) is 0.820. The Balaban J connectivity index is 1.91. The molecule has 2 aliphatic rings. The highest BCUT2D eigenvalue weighted by atomic mass is 16.5. The van der Waals surface area contributed by atoms with E-state index in [1.165, 1.54) is 5.56 Å². The van der Waals surface area contributed by atoms with Gasteiger partial charge in [0, 0.05) is 26.2 Å². The van der Waals surface area contributed by atoms with Gasteiger partial charge in [-0.1, -0.05) is 30.3 Å². The lowest BCUT2D eigenvalue weighted by molar-refractivity contribution is -0.128. The van der Waals surface area contributed by atoms with Gasteiger partial charge in [0.05, 0.1) is 38.5 Å². The maximum absolute atomic E-state index is 12.6. The molecule has 5 nitrogen and oxygen atoms in total. The summed E-state index contributed by atoms with van der Waals surface area (Å²) in [5.41, 5.74) is 1.21. The number of ether oxygens (including phenoxy) is 2. The molecule has 0 spiro atoms. The molecule has 0 aliphatic carbocycles. The predicted octanol–water partition coefficient (Wildman–Crippen LogP) is 1.35.